The third kappa shape index (κ3) is 1.16. The number of aryl methyl sites for hydroxylation is 1. The van der Waals surface area contributed by atoms with Crippen molar-refractivity contribution in [1.82, 2.24) is 9.78 Å². The number of hydrogen-bond donors (Lipinski definition) is 0. The zero-order chi connectivity index (χ0) is 7.84. The van der Waals surface area contributed by atoms with E-state index in [1.165, 1.54) is 11.3 Å². The molecule has 1 heterocycles. The number of rotatable bonds is 0. The van der Waals surface area contributed by atoms with Crippen molar-refractivity contribution in [2.24, 2.45) is 7.05 Å². The van der Waals surface area contributed by atoms with Gasteiger partial charge in [0.2, 0.25) is 0 Å². The molecule has 1 atom stereocenters. The van der Waals surface area contributed by atoms with Gasteiger partial charge in [0.1, 0.15) is 0 Å². The van der Waals surface area contributed by atoms with E-state index in [2.05, 4.69) is 5.10 Å². The Bertz CT molecular complexity index is 267. The second-order valence-corrected chi connectivity index (χ2v) is 3.70. The summed E-state index contributed by atoms with van der Waals surface area (Å²) in [5, 5.41) is 4.52. The average Bonchev–Trinajstić information content (AvgIpc) is 2.32. The summed E-state index contributed by atoms with van der Waals surface area (Å²) >= 11 is 6.02. The Hall–Kier alpha value is -0.500. The van der Waals surface area contributed by atoms with Crippen molar-refractivity contribution in [2.75, 3.05) is 0 Å². The zero-order valence-corrected chi connectivity index (χ0v) is 7.30. The molecule has 3 heteroatoms. The lowest BCUT2D eigenvalue weighted by atomic mass is 9.98. The first-order valence-electron chi connectivity index (χ1n) is 3.91. The smallest absolute Gasteiger partial charge is 0.0525 e. The highest BCUT2D eigenvalue weighted by atomic mass is 35.5. The van der Waals surface area contributed by atoms with E-state index in [0.29, 0.717) is 5.38 Å². The molecule has 60 valence electrons. The molecular weight excluding hydrogens is 160 g/mol. The normalized spacial score (nSPS) is 23.3. The van der Waals surface area contributed by atoms with Gasteiger partial charge in [-0.15, -0.1) is 11.6 Å². The van der Waals surface area contributed by atoms with Gasteiger partial charge < -0.3 is 0 Å². The van der Waals surface area contributed by atoms with E-state index in [1.54, 1.807) is 0 Å². The van der Waals surface area contributed by atoms with Gasteiger partial charge in [0.15, 0.2) is 0 Å². The maximum atomic E-state index is 6.02. The van der Waals surface area contributed by atoms with Crippen LogP contribution in [0.25, 0.3) is 0 Å². The fourth-order valence-corrected chi connectivity index (χ4v) is 1.91. The Morgan fingerprint density at radius 3 is 3.36 bits per heavy atom. The summed E-state index contributed by atoms with van der Waals surface area (Å²) in [6.45, 7) is 0. The molecule has 11 heavy (non-hydrogen) atoms. The Morgan fingerprint density at radius 2 is 2.55 bits per heavy atom. The highest BCUT2D eigenvalue weighted by molar-refractivity contribution is 6.20. The molecule has 0 aromatic carbocycles. The highest BCUT2D eigenvalue weighted by Crippen LogP contribution is 2.23. The fourth-order valence-electron chi connectivity index (χ4n) is 1.64. The van der Waals surface area contributed by atoms with E-state index in [0.717, 1.165) is 19.3 Å². The van der Waals surface area contributed by atoms with Crippen LogP contribution in [0.1, 0.15) is 17.7 Å². The third-order valence-electron chi connectivity index (χ3n) is 2.28. The second-order valence-electron chi connectivity index (χ2n) is 3.08. The van der Waals surface area contributed by atoms with Gasteiger partial charge in [0.25, 0.3) is 0 Å². The van der Waals surface area contributed by atoms with Crippen LogP contribution in [0.5, 0.6) is 0 Å². The fraction of sp³-hybridized carbons (Fsp3) is 0.625. The molecule has 0 saturated carbocycles. The maximum absolute atomic E-state index is 6.02. The molecule has 2 rings (SSSR count). The lowest BCUT2D eigenvalue weighted by Gasteiger charge is -2.16. The van der Waals surface area contributed by atoms with Crippen molar-refractivity contribution in [3.8, 4) is 0 Å². The summed E-state index contributed by atoms with van der Waals surface area (Å²) in [5.74, 6) is 0. The highest BCUT2D eigenvalue weighted by Gasteiger charge is 2.19. The van der Waals surface area contributed by atoms with Crippen LogP contribution in [0, 0.1) is 0 Å². The van der Waals surface area contributed by atoms with Gasteiger partial charge >= 0.3 is 0 Å². The summed E-state index contributed by atoms with van der Waals surface area (Å²) in [5.41, 5.74) is 2.70. The predicted octanol–water partition coefficient (Wildman–Crippen LogP) is 1.52. The van der Waals surface area contributed by atoms with Gasteiger partial charge in [-0.2, -0.15) is 5.10 Å². The number of hydrogen-bond acceptors (Lipinski definition) is 1. The van der Waals surface area contributed by atoms with Gasteiger partial charge in [-0.25, -0.2) is 0 Å². The van der Waals surface area contributed by atoms with Crippen molar-refractivity contribution in [2.45, 2.75) is 24.6 Å². The minimum Gasteiger partial charge on any atom is -0.272 e. The summed E-state index contributed by atoms with van der Waals surface area (Å²) in [6, 6.07) is 0. The summed E-state index contributed by atoms with van der Waals surface area (Å²) in [7, 11) is 1.99. The minimum absolute atomic E-state index is 0.326. The quantitative estimate of drug-likeness (QED) is 0.540. The first-order valence-corrected chi connectivity index (χ1v) is 4.35. The Labute approximate surface area is 71.2 Å². The number of aromatic nitrogens is 2. The Balaban J connectivity index is 2.36. The monoisotopic (exact) mass is 170 g/mol. The molecule has 0 N–H and O–H groups in total. The van der Waals surface area contributed by atoms with Crippen molar-refractivity contribution < 1.29 is 0 Å². The third-order valence-corrected chi connectivity index (χ3v) is 2.66. The van der Waals surface area contributed by atoms with Crippen molar-refractivity contribution in [3.05, 3.63) is 17.5 Å². The number of nitrogens with zero attached hydrogens (tertiary/aromatic N) is 2. The van der Waals surface area contributed by atoms with Crippen molar-refractivity contribution in [3.63, 3.8) is 0 Å². The molecule has 1 aliphatic rings. The molecule has 1 aliphatic carbocycles. The van der Waals surface area contributed by atoms with E-state index in [4.69, 9.17) is 11.6 Å². The molecule has 2 nitrogen and oxygen atoms in total. The van der Waals surface area contributed by atoms with Gasteiger partial charge in [-0.1, -0.05) is 0 Å². The lowest BCUT2D eigenvalue weighted by Crippen LogP contribution is -2.14. The Kier molecular flexibility index (Phi) is 1.64. The summed E-state index contributed by atoms with van der Waals surface area (Å²) < 4.78 is 1.96. The van der Waals surface area contributed by atoms with Crippen LogP contribution in [-0.2, 0) is 19.9 Å². The first-order chi connectivity index (χ1) is 5.27. The largest absolute Gasteiger partial charge is 0.272 e. The average molecular weight is 171 g/mol. The van der Waals surface area contributed by atoms with Crippen LogP contribution >= 0.6 is 11.6 Å². The SMILES string of the molecule is Cn1ncc2c1CC[C@@H](Cl)C2. The topological polar surface area (TPSA) is 17.8 Å². The molecule has 0 bridgehead atoms. The molecule has 0 unspecified atom stereocenters. The Morgan fingerprint density at radius 1 is 1.73 bits per heavy atom. The van der Waals surface area contributed by atoms with Gasteiger partial charge in [-0.05, 0) is 24.8 Å². The molecule has 0 fully saturated rings. The van der Waals surface area contributed by atoms with Gasteiger partial charge in [0, 0.05) is 18.1 Å². The van der Waals surface area contributed by atoms with Crippen LogP contribution in [0.2, 0.25) is 0 Å². The predicted molar refractivity (Wildman–Crippen MR) is 44.9 cm³/mol. The van der Waals surface area contributed by atoms with Gasteiger partial charge in [0.05, 0.1) is 6.20 Å². The number of fused-ring (bicyclic) bond motifs is 1. The number of alkyl halides is 1. The molecule has 0 saturated heterocycles. The molecule has 0 aliphatic heterocycles. The maximum Gasteiger partial charge on any atom is 0.0525 e. The van der Waals surface area contributed by atoms with Crippen LogP contribution in [0.4, 0.5) is 0 Å². The number of halogens is 1. The molecule has 1 aromatic rings. The van der Waals surface area contributed by atoms with Gasteiger partial charge in [-0.3, -0.25) is 4.68 Å². The van der Waals surface area contributed by atoms with E-state index < -0.39 is 0 Å². The van der Waals surface area contributed by atoms with Crippen molar-refractivity contribution >= 4 is 11.6 Å². The molecule has 0 amide bonds. The van der Waals surface area contributed by atoms with Crippen LogP contribution in [-0.4, -0.2) is 15.2 Å². The second kappa shape index (κ2) is 2.52. The van der Waals surface area contributed by atoms with Crippen molar-refractivity contribution in [1.29, 1.82) is 0 Å². The van der Waals surface area contributed by atoms with E-state index >= 15 is 0 Å². The van der Waals surface area contributed by atoms with E-state index in [1.807, 2.05) is 17.9 Å². The minimum atomic E-state index is 0.326. The summed E-state index contributed by atoms with van der Waals surface area (Å²) in [6.07, 6.45) is 5.10. The van der Waals surface area contributed by atoms with Crippen LogP contribution in [0.15, 0.2) is 6.20 Å². The standard InChI is InChI=1S/C8H11ClN2/c1-11-8-3-2-7(9)4-6(8)5-10-11/h5,7H,2-4H2,1H3/t7-/m1/s1. The molecule has 0 radical (unpaired) electrons. The van der Waals surface area contributed by atoms with Crippen LogP contribution < -0.4 is 0 Å². The van der Waals surface area contributed by atoms with Crippen LogP contribution in [0.3, 0.4) is 0 Å². The van der Waals surface area contributed by atoms with E-state index in [-0.39, 0.29) is 0 Å². The molecule has 1 aromatic heterocycles. The molecular formula is C8H11ClN2. The first kappa shape index (κ1) is 7.17. The zero-order valence-electron chi connectivity index (χ0n) is 6.55. The van der Waals surface area contributed by atoms with E-state index in [9.17, 15) is 0 Å². The summed E-state index contributed by atoms with van der Waals surface area (Å²) in [4.78, 5) is 0. The molecule has 0 spiro atoms. The lowest BCUT2D eigenvalue weighted by molar-refractivity contribution is 0.631.